The summed E-state index contributed by atoms with van der Waals surface area (Å²) in [6.07, 6.45) is -2.08. The van der Waals surface area contributed by atoms with Crippen molar-refractivity contribution in [2.45, 2.75) is 27.1 Å². The molecular formula is C13H15FO5. The first-order valence-corrected chi connectivity index (χ1v) is 5.73. The molecule has 0 bridgehead atoms. The Morgan fingerprint density at radius 1 is 1.05 bits per heavy atom. The molecule has 0 saturated carbocycles. The number of carbonyl (C=O) groups excluding carboxylic acids is 2. The molecule has 19 heavy (non-hydrogen) atoms. The first-order valence-electron chi connectivity index (χ1n) is 5.73. The fraction of sp³-hybridized carbons (Fsp3) is 0.385. The molecule has 0 spiro atoms. The summed E-state index contributed by atoms with van der Waals surface area (Å²) < 4.78 is 26.9. The van der Waals surface area contributed by atoms with Gasteiger partial charge in [-0.1, -0.05) is 13.8 Å². The van der Waals surface area contributed by atoms with Gasteiger partial charge < -0.3 is 14.2 Å². The number of esters is 1. The molecule has 0 aromatic heterocycles. The second-order valence-electron chi connectivity index (χ2n) is 4.08. The van der Waals surface area contributed by atoms with Gasteiger partial charge in [0, 0.05) is 6.92 Å². The average Bonchev–Trinajstić information content (AvgIpc) is 2.31. The molecule has 1 aromatic carbocycles. The van der Waals surface area contributed by atoms with E-state index in [4.69, 9.17) is 14.2 Å². The fourth-order valence-corrected chi connectivity index (χ4v) is 1.08. The molecule has 0 aliphatic carbocycles. The van der Waals surface area contributed by atoms with Gasteiger partial charge in [0.25, 0.3) is 0 Å². The molecule has 0 saturated heterocycles. The van der Waals surface area contributed by atoms with Crippen molar-refractivity contribution in [3.8, 4) is 5.75 Å². The molecule has 0 unspecified atom stereocenters. The predicted molar refractivity (Wildman–Crippen MR) is 63.9 cm³/mol. The van der Waals surface area contributed by atoms with E-state index in [0.717, 1.165) is 12.1 Å². The monoisotopic (exact) mass is 270 g/mol. The van der Waals surface area contributed by atoms with Crippen LogP contribution in [-0.2, 0) is 14.3 Å². The molecule has 104 valence electrons. The average molecular weight is 270 g/mol. The van der Waals surface area contributed by atoms with Crippen molar-refractivity contribution < 1.29 is 28.2 Å². The zero-order valence-electron chi connectivity index (χ0n) is 10.9. The highest BCUT2D eigenvalue weighted by atomic mass is 19.1. The van der Waals surface area contributed by atoms with Gasteiger partial charge in [-0.2, -0.15) is 0 Å². The van der Waals surface area contributed by atoms with Crippen LogP contribution in [0.3, 0.4) is 0 Å². The Labute approximate surface area is 110 Å². The van der Waals surface area contributed by atoms with Crippen LogP contribution in [0.15, 0.2) is 24.3 Å². The minimum absolute atomic E-state index is 0.133. The third-order valence-electron chi connectivity index (χ3n) is 2.03. The summed E-state index contributed by atoms with van der Waals surface area (Å²) in [7, 11) is 0. The quantitative estimate of drug-likeness (QED) is 0.478. The highest BCUT2D eigenvalue weighted by molar-refractivity contribution is 5.72. The van der Waals surface area contributed by atoms with Crippen molar-refractivity contribution in [2.75, 3.05) is 0 Å². The van der Waals surface area contributed by atoms with Crippen LogP contribution >= 0.6 is 0 Å². The van der Waals surface area contributed by atoms with E-state index in [-0.39, 0.29) is 11.7 Å². The summed E-state index contributed by atoms with van der Waals surface area (Å²) in [5.41, 5.74) is 0. The Morgan fingerprint density at radius 2 is 1.63 bits per heavy atom. The van der Waals surface area contributed by atoms with E-state index in [9.17, 15) is 14.0 Å². The molecular weight excluding hydrogens is 255 g/mol. The predicted octanol–water partition coefficient (Wildman–Crippen LogP) is 2.89. The number of rotatable bonds is 4. The van der Waals surface area contributed by atoms with Gasteiger partial charge in [0.1, 0.15) is 11.6 Å². The highest BCUT2D eigenvalue weighted by Crippen LogP contribution is 2.12. The summed E-state index contributed by atoms with van der Waals surface area (Å²) in [4.78, 5) is 22.6. The lowest BCUT2D eigenvalue weighted by Crippen LogP contribution is -2.25. The molecule has 0 aliphatic heterocycles. The Hall–Kier alpha value is -2.11. The number of hydrogen-bond donors (Lipinski definition) is 0. The van der Waals surface area contributed by atoms with E-state index in [1.54, 1.807) is 13.8 Å². The highest BCUT2D eigenvalue weighted by Gasteiger charge is 2.17. The van der Waals surface area contributed by atoms with Gasteiger partial charge in [-0.25, -0.2) is 9.18 Å². The second kappa shape index (κ2) is 6.72. The summed E-state index contributed by atoms with van der Waals surface area (Å²) in [5.74, 6) is -1.12. The molecule has 0 N–H and O–H groups in total. The molecule has 0 radical (unpaired) electrons. The molecule has 0 heterocycles. The summed E-state index contributed by atoms with van der Waals surface area (Å²) in [5, 5.41) is 0. The van der Waals surface area contributed by atoms with Crippen LogP contribution in [-0.4, -0.2) is 18.4 Å². The normalized spacial score (nSPS) is 11.8. The lowest BCUT2D eigenvalue weighted by Gasteiger charge is -2.15. The molecule has 0 fully saturated rings. The number of benzene rings is 1. The van der Waals surface area contributed by atoms with Crippen LogP contribution in [0.5, 0.6) is 5.75 Å². The minimum atomic E-state index is -1.05. The molecule has 6 heteroatoms. The van der Waals surface area contributed by atoms with E-state index in [2.05, 4.69) is 0 Å². The van der Waals surface area contributed by atoms with Gasteiger partial charge in [0.2, 0.25) is 6.29 Å². The van der Waals surface area contributed by atoms with Crippen molar-refractivity contribution >= 4 is 12.1 Å². The Morgan fingerprint density at radius 3 is 2.16 bits per heavy atom. The Bertz CT molecular complexity index is 441. The Balaban J connectivity index is 2.42. The molecule has 1 atom stereocenters. The molecule has 1 aromatic rings. The first-order chi connectivity index (χ1) is 8.88. The number of ether oxygens (including phenoxy) is 3. The second-order valence-corrected chi connectivity index (χ2v) is 4.08. The van der Waals surface area contributed by atoms with Crippen LogP contribution in [0.4, 0.5) is 9.18 Å². The maximum absolute atomic E-state index is 12.6. The van der Waals surface area contributed by atoms with Crippen LogP contribution < -0.4 is 4.74 Å². The van der Waals surface area contributed by atoms with Crippen molar-refractivity contribution in [3.63, 3.8) is 0 Å². The van der Waals surface area contributed by atoms with E-state index >= 15 is 0 Å². The first kappa shape index (κ1) is 14.9. The summed E-state index contributed by atoms with van der Waals surface area (Å²) >= 11 is 0. The van der Waals surface area contributed by atoms with Gasteiger partial charge in [0.05, 0.1) is 5.92 Å². The van der Waals surface area contributed by atoms with Gasteiger partial charge in [0.15, 0.2) is 0 Å². The van der Waals surface area contributed by atoms with E-state index in [1.165, 1.54) is 19.1 Å². The summed E-state index contributed by atoms with van der Waals surface area (Å²) in [6.45, 7) is 4.71. The zero-order chi connectivity index (χ0) is 14.4. The number of carbonyl (C=O) groups is 2. The number of hydrogen-bond acceptors (Lipinski definition) is 5. The minimum Gasteiger partial charge on any atom is -0.425 e. The molecule has 1 rings (SSSR count). The maximum atomic E-state index is 12.6. The third-order valence-corrected chi connectivity index (χ3v) is 2.03. The molecule has 5 nitrogen and oxygen atoms in total. The SMILES string of the molecule is CC(C)C(=O)O[C@@H](C)OC(=O)Oc1ccc(F)cc1. The van der Waals surface area contributed by atoms with Crippen LogP contribution in [0.1, 0.15) is 20.8 Å². The van der Waals surface area contributed by atoms with Gasteiger partial charge in [-0.3, -0.25) is 4.79 Å². The van der Waals surface area contributed by atoms with E-state index < -0.39 is 24.2 Å². The smallest absolute Gasteiger partial charge is 0.425 e. The maximum Gasteiger partial charge on any atom is 0.516 e. The van der Waals surface area contributed by atoms with Crippen molar-refractivity contribution in [3.05, 3.63) is 30.1 Å². The summed E-state index contributed by atoms with van der Waals surface area (Å²) in [6, 6.07) is 4.85. The van der Waals surface area contributed by atoms with E-state index in [0.29, 0.717) is 0 Å². The van der Waals surface area contributed by atoms with E-state index in [1.807, 2.05) is 0 Å². The van der Waals surface area contributed by atoms with Gasteiger partial charge in [-0.15, -0.1) is 0 Å². The standard InChI is InChI=1S/C13H15FO5/c1-8(2)12(15)17-9(3)18-13(16)19-11-6-4-10(14)5-7-11/h4-9H,1-3H3/t9-/m1/s1. The third kappa shape index (κ3) is 5.37. The fourth-order valence-electron chi connectivity index (χ4n) is 1.08. The van der Waals surface area contributed by atoms with Crippen LogP contribution in [0.25, 0.3) is 0 Å². The number of halogens is 1. The Kier molecular flexibility index (Phi) is 5.29. The topological polar surface area (TPSA) is 61.8 Å². The van der Waals surface area contributed by atoms with Gasteiger partial charge in [-0.05, 0) is 24.3 Å². The zero-order valence-corrected chi connectivity index (χ0v) is 10.9. The largest absolute Gasteiger partial charge is 0.516 e. The van der Waals surface area contributed by atoms with Crippen LogP contribution in [0.2, 0.25) is 0 Å². The lowest BCUT2D eigenvalue weighted by molar-refractivity contribution is -0.170. The van der Waals surface area contributed by atoms with Crippen molar-refractivity contribution in [2.24, 2.45) is 5.92 Å². The van der Waals surface area contributed by atoms with Crippen molar-refractivity contribution in [1.82, 2.24) is 0 Å². The van der Waals surface area contributed by atoms with Crippen LogP contribution in [0, 0.1) is 11.7 Å². The molecule has 0 amide bonds. The van der Waals surface area contributed by atoms with Crippen molar-refractivity contribution in [1.29, 1.82) is 0 Å². The lowest BCUT2D eigenvalue weighted by atomic mass is 10.2. The van der Waals surface area contributed by atoms with Gasteiger partial charge >= 0.3 is 12.1 Å². The molecule has 0 aliphatic rings.